The number of aliphatic hydroxyl groups is 1. The topological polar surface area (TPSA) is 66.6 Å². The molecule has 0 spiro atoms. The number of nitrogens with two attached hydrogens (primary N) is 1. The van der Waals surface area contributed by atoms with Crippen molar-refractivity contribution < 1.29 is 9.90 Å². The Labute approximate surface area is 95.7 Å². The lowest BCUT2D eigenvalue weighted by atomic mass is 10.1. The van der Waals surface area contributed by atoms with Crippen molar-refractivity contribution in [2.24, 2.45) is 5.73 Å². The summed E-state index contributed by atoms with van der Waals surface area (Å²) >= 11 is 0. The highest BCUT2D eigenvalue weighted by Crippen LogP contribution is 2.12. The second-order valence-corrected chi connectivity index (χ2v) is 3.53. The Kier molecular flexibility index (Phi) is 4.95. The fourth-order valence-corrected chi connectivity index (χ4v) is 1.54. The Bertz CT molecular complexity index is 327. The van der Waals surface area contributed by atoms with Gasteiger partial charge >= 0.3 is 0 Å². The zero-order valence-corrected chi connectivity index (χ0v) is 9.47. The van der Waals surface area contributed by atoms with E-state index in [0.29, 0.717) is 13.1 Å². The van der Waals surface area contributed by atoms with Gasteiger partial charge in [0.25, 0.3) is 0 Å². The van der Waals surface area contributed by atoms with Crippen molar-refractivity contribution in [1.29, 1.82) is 0 Å². The Morgan fingerprint density at radius 1 is 1.44 bits per heavy atom. The standard InChI is InChI=1S/C12H18N2O2/c1-2-14(8-9-15)12(16)11(13)10-6-4-3-5-7-10/h3-7,11,15H,2,8-9,13H2,1H3. The van der Waals surface area contributed by atoms with Crippen molar-refractivity contribution in [1.82, 2.24) is 4.90 Å². The Balaban J connectivity index is 2.73. The van der Waals surface area contributed by atoms with Crippen LogP contribution in [0.15, 0.2) is 30.3 Å². The Morgan fingerprint density at radius 3 is 2.56 bits per heavy atom. The van der Waals surface area contributed by atoms with Gasteiger partial charge in [-0.1, -0.05) is 30.3 Å². The number of aliphatic hydroxyl groups excluding tert-OH is 1. The van der Waals surface area contributed by atoms with Crippen LogP contribution in [0.25, 0.3) is 0 Å². The maximum Gasteiger partial charge on any atom is 0.244 e. The van der Waals surface area contributed by atoms with Gasteiger partial charge in [0.05, 0.1) is 6.61 Å². The molecule has 1 amide bonds. The minimum atomic E-state index is -0.646. The SMILES string of the molecule is CCN(CCO)C(=O)C(N)c1ccccc1. The number of carbonyl (C=O) groups excluding carboxylic acids is 1. The molecule has 88 valence electrons. The molecule has 0 aliphatic heterocycles. The summed E-state index contributed by atoms with van der Waals surface area (Å²) in [6.45, 7) is 2.71. The first-order valence-electron chi connectivity index (χ1n) is 5.40. The zero-order valence-electron chi connectivity index (χ0n) is 9.47. The molecule has 0 saturated heterocycles. The molecule has 4 nitrogen and oxygen atoms in total. The third-order valence-corrected chi connectivity index (χ3v) is 2.49. The van der Waals surface area contributed by atoms with E-state index in [0.717, 1.165) is 5.56 Å². The average Bonchev–Trinajstić information content (AvgIpc) is 2.35. The molecule has 0 aromatic heterocycles. The number of amides is 1. The molecule has 0 bridgehead atoms. The normalized spacial score (nSPS) is 12.2. The molecule has 16 heavy (non-hydrogen) atoms. The minimum Gasteiger partial charge on any atom is -0.395 e. The summed E-state index contributed by atoms with van der Waals surface area (Å²) in [4.78, 5) is 13.5. The van der Waals surface area contributed by atoms with Crippen LogP contribution < -0.4 is 5.73 Å². The van der Waals surface area contributed by atoms with Crippen molar-refractivity contribution >= 4 is 5.91 Å². The molecule has 1 aromatic carbocycles. The van der Waals surface area contributed by atoms with Crippen molar-refractivity contribution in [2.75, 3.05) is 19.7 Å². The van der Waals surface area contributed by atoms with Crippen molar-refractivity contribution in [3.63, 3.8) is 0 Å². The highest BCUT2D eigenvalue weighted by molar-refractivity contribution is 5.83. The molecule has 0 radical (unpaired) electrons. The first kappa shape index (κ1) is 12.7. The van der Waals surface area contributed by atoms with E-state index in [9.17, 15) is 4.79 Å². The van der Waals surface area contributed by atoms with E-state index in [-0.39, 0.29) is 12.5 Å². The van der Waals surface area contributed by atoms with Gasteiger partial charge in [-0.3, -0.25) is 4.79 Å². The third kappa shape index (κ3) is 3.05. The molecule has 1 unspecified atom stereocenters. The van der Waals surface area contributed by atoms with Crippen LogP contribution in [0.3, 0.4) is 0 Å². The van der Waals surface area contributed by atoms with Crippen molar-refractivity contribution in [3.05, 3.63) is 35.9 Å². The summed E-state index contributed by atoms with van der Waals surface area (Å²) in [6, 6.07) is 8.60. The summed E-state index contributed by atoms with van der Waals surface area (Å²) in [5.74, 6) is -0.150. The summed E-state index contributed by atoms with van der Waals surface area (Å²) in [7, 11) is 0. The van der Waals surface area contributed by atoms with E-state index in [4.69, 9.17) is 10.8 Å². The number of hydrogen-bond donors (Lipinski definition) is 2. The van der Waals surface area contributed by atoms with Crippen LogP contribution in [0.2, 0.25) is 0 Å². The van der Waals surface area contributed by atoms with E-state index < -0.39 is 6.04 Å². The van der Waals surface area contributed by atoms with Crippen molar-refractivity contribution in [2.45, 2.75) is 13.0 Å². The zero-order chi connectivity index (χ0) is 12.0. The maximum absolute atomic E-state index is 12.0. The molecule has 0 saturated carbocycles. The molecule has 1 rings (SSSR count). The predicted octanol–water partition coefficient (Wildman–Crippen LogP) is 0.527. The highest BCUT2D eigenvalue weighted by atomic mass is 16.3. The highest BCUT2D eigenvalue weighted by Gasteiger charge is 2.20. The van der Waals surface area contributed by atoms with Crippen LogP contribution in [0, 0.1) is 0 Å². The first-order valence-corrected chi connectivity index (χ1v) is 5.40. The maximum atomic E-state index is 12.0. The second kappa shape index (κ2) is 6.25. The van der Waals surface area contributed by atoms with Crippen LogP contribution in [0.5, 0.6) is 0 Å². The average molecular weight is 222 g/mol. The quantitative estimate of drug-likeness (QED) is 0.763. The van der Waals surface area contributed by atoms with Gasteiger partial charge in [0.15, 0.2) is 0 Å². The Morgan fingerprint density at radius 2 is 2.06 bits per heavy atom. The number of nitrogens with zero attached hydrogens (tertiary/aromatic N) is 1. The number of rotatable bonds is 5. The van der Waals surface area contributed by atoms with Crippen LogP contribution in [-0.4, -0.2) is 35.6 Å². The molecule has 3 N–H and O–H groups in total. The van der Waals surface area contributed by atoms with Crippen LogP contribution >= 0.6 is 0 Å². The fourth-order valence-electron chi connectivity index (χ4n) is 1.54. The van der Waals surface area contributed by atoms with Gasteiger partial charge in [-0.15, -0.1) is 0 Å². The lowest BCUT2D eigenvalue weighted by molar-refractivity contribution is -0.133. The van der Waals surface area contributed by atoms with Gasteiger partial charge in [0.2, 0.25) is 5.91 Å². The van der Waals surface area contributed by atoms with Gasteiger partial charge in [-0.05, 0) is 12.5 Å². The minimum absolute atomic E-state index is 0.0406. The molecule has 1 atom stereocenters. The summed E-state index contributed by atoms with van der Waals surface area (Å²) in [5, 5.41) is 8.83. The fraction of sp³-hybridized carbons (Fsp3) is 0.417. The summed E-state index contributed by atoms with van der Waals surface area (Å²) < 4.78 is 0. The molecule has 1 aromatic rings. The van der Waals surface area contributed by atoms with Gasteiger partial charge in [0, 0.05) is 13.1 Å². The molecule has 4 heteroatoms. The van der Waals surface area contributed by atoms with Gasteiger partial charge in [0.1, 0.15) is 6.04 Å². The predicted molar refractivity (Wildman–Crippen MR) is 62.7 cm³/mol. The lowest BCUT2D eigenvalue weighted by Crippen LogP contribution is -2.40. The van der Waals surface area contributed by atoms with Gasteiger partial charge in [-0.25, -0.2) is 0 Å². The van der Waals surface area contributed by atoms with E-state index in [1.807, 2.05) is 37.3 Å². The largest absolute Gasteiger partial charge is 0.395 e. The molecular weight excluding hydrogens is 204 g/mol. The number of hydrogen-bond acceptors (Lipinski definition) is 3. The van der Waals surface area contributed by atoms with Crippen LogP contribution in [0.4, 0.5) is 0 Å². The monoisotopic (exact) mass is 222 g/mol. The summed E-state index contributed by atoms with van der Waals surface area (Å²) in [5.41, 5.74) is 6.67. The van der Waals surface area contributed by atoms with E-state index >= 15 is 0 Å². The second-order valence-electron chi connectivity index (χ2n) is 3.53. The van der Waals surface area contributed by atoms with Gasteiger partial charge < -0.3 is 15.7 Å². The van der Waals surface area contributed by atoms with Crippen LogP contribution in [-0.2, 0) is 4.79 Å². The molecule has 0 heterocycles. The molecular formula is C12H18N2O2. The Hall–Kier alpha value is -1.39. The van der Waals surface area contributed by atoms with E-state index in [2.05, 4.69) is 0 Å². The summed E-state index contributed by atoms with van der Waals surface area (Å²) in [6.07, 6.45) is 0. The number of benzene rings is 1. The first-order chi connectivity index (χ1) is 7.70. The van der Waals surface area contributed by atoms with Crippen LogP contribution in [0.1, 0.15) is 18.5 Å². The smallest absolute Gasteiger partial charge is 0.244 e. The lowest BCUT2D eigenvalue weighted by Gasteiger charge is -2.23. The van der Waals surface area contributed by atoms with E-state index in [1.54, 1.807) is 4.90 Å². The molecule has 0 aliphatic carbocycles. The van der Waals surface area contributed by atoms with Gasteiger partial charge in [-0.2, -0.15) is 0 Å². The number of carbonyl (C=O) groups is 1. The van der Waals surface area contributed by atoms with E-state index in [1.165, 1.54) is 0 Å². The molecule has 0 fully saturated rings. The number of likely N-dealkylation sites (N-methyl/N-ethyl adjacent to an activating group) is 1. The van der Waals surface area contributed by atoms with Crippen molar-refractivity contribution in [3.8, 4) is 0 Å². The third-order valence-electron chi connectivity index (χ3n) is 2.49. The molecule has 0 aliphatic rings.